The normalized spacial score (nSPS) is 21.9. The molecule has 2 unspecified atom stereocenters. The lowest BCUT2D eigenvalue weighted by Crippen LogP contribution is -2.47. The lowest BCUT2D eigenvalue weighted by Gasteiger charge is -2.40. The van der Waals surface area contributed by atoms with Crippen LogP contribution in [0.2, 0.25) is 0 Å². The van der Waals surface area contributed by atoms with Crippen molar-refractivity contribution >= 4 is 29.9 Å². The molecule has 1 saturated heterocycles. The summed E-state index contributed by atoms with van der Waals surface area (Å²) in [4.78, 5) is 4.78. The van der Waals surface area contributed by atoms with E-state index in [1.807, 2.05) is 12.1 Å². The molecule has 170 valence electrons. The molecule has 6 nitrogen and oxygen atoms in total. The maximum atomic E-state index is 6.11. The molecule has 3 rings (SSSR count). The Morgan fingerprint density at radius 3 is 2.57 bits per heavy atom. The minimum atomic E-state index is 0. The monoisotopic (exact) mass is 531 g/mol. The molecule has 0 aromatic heterocycles. The molecule has 0 saturated carbocycles. The van der Waals surface area contributed by atoms with Crippen molar-refractivity contribution in [3.63, 3.8) is 0 Å². The van der Waals surface area contributed by atoms with E-state index in [2.05, 4.69) is 44.4 Å². The van der Waals surface area contributed by atoms with Gasteiger partial charge in [0, 0.05) is 32.0 Å². The van der Waals surface area contributed by atoms with Crippen LogP contribution in [0.3, 0.4) is 0 Å². The number of fused-ring (bicyclic) bond motifs is 1. The summed E-state index contributed by atoms with van der Waals surface area (Å²) in [7, 11) is 0. The number of benzene rings is 1. The van der Waals surface area contributed by atoms with Gasteiger partial charge in [-0.1, -0.05) is 26.8 Å². The number of rotatable bonds is 5. The van der Waals surface area contributed by atoms with Gasteiger partial charge in [0.1, 0.15) is 0 Å². The number of hydrogen-bond donors (Lipinski definition) is 2. The number of guanidine groups is 1. The average Bonchev–Trinajstić information content (AvgIpc) is 2.94. The molecule has 30 heavy (non-hydrogen) atoms. The molecule has 7 heteroatoms. The molecule has 0 amide bonds. The van der Waals surface area contributed by atoms with Gasteiger partial charge in [0.25, 0.3) is 0 Å². The van der Waals surface area contributed by atoms with Gasteiger partial charge in [-0.15, -0.1) is 24.0 Å². The molecule has 0 spiro atoms. The Kier molecular flexibility index (Phi) is 10.0. The zero-order chi connectivity index (χ0) is 20.7. The predicted molar refractivity (Wildman–Crippen MR) is 132 cm³/mol. The minimum absolute atomic E-state index is 0. The summed E-state index contributed by atoms with van der Waals surface area (Å²) in [6.45, 7) is 13.4. The molecule has 1 aromatic rings. The molecular formula is C23H38IN3O3. The highest BCUT2D eigenvalue weighted by Gasteiger charge is 2.35. The predicted octanol–water partition coefficient (Wildman–Crippen LogP) is 4.36. The Morgan fingerprint density at radius 1 is 1.07 bits per heavy atom. The molecule has 0 bridgehead atoms. The SMILES string of the molecule is CCNC(=NCc1ccc2c(c1)OCCCO2)NCC1CCCOC1C(C)(C)C.I. The van der Waals surface area contributed by atoms with Gasteiger partial charge in [-0.05, 0) is 42.9 Å². The summed E-state index contributed by atoms with van der Waals surface area (Å²) in [5.41, 5.74) is 1.26. The fraction of sp³-hybridized carbons (Fsp3) is 0.696. The number of hydrogen-bond acceptors (Lipinski definition) is 4. The lowest BCUT2D eigenvalue weighted by atomic mass is 9.78. The standard InChI is InChI=1S/C23H37N3O3.HI/c1-5-24-22(26-16-18-8-6-11-29-21(18)23(2,3)4)25-15-17-9-10-19-20(14-17)28-13-7-12-27-19;/h9-10,14,18,21H,5-8,11-13,15-16H2,1-4H3,(H2,24,25,26);1H. The van der Waals surface area contributed by atoms with Crippen LogP contribution in [-0.2, 0) is 11.3 Å². The highest BCUT2D eigenvalue weighted by atomic mass is 127. The first kappa shape index (κ1) is 25.0. The van der Waals surface area contributed by atoms with Gasteiger partial charge in [0.15, 0.2) is 17.5 Å². The molecule has 1 aromatic carbocycles. The zero-order valence-corrected chi connectivity index (χ0v) is 21.2. The third-order valence-electron chi connectivity index (χ3n) is 5.41. The first-order valence-electron chi connectivity index (χ1n) is 11.0. The quantitative estimate of drug-likeness (QED) is 0.336. The summed E-state index contributed by atoms with van der Waals surface area (Å²) >= 11 is 0. The van der Waals surface area contributed by atoms with Gasteiger partial charge in [0.05, 0.1) is 25.9 Å². The third kappa shape index (κ3) is 7.18. The van der Waals surface area contributed by atoms with Gasteiger partial charge in [-0.3, -0.25) is 0 Å². The number of nitrogens with one attached hydrogen (secondary N) is 2. The second kappa shape index (κ2) is 12.0. The molecular weight excluding hydrogens is 493 g/mol. The Balaban J connectivity index is 0.00000320. The number of ether oxygens (including phenoxy) is 3. The summed E-state index contributed by atoms with van der Waals surface area (Å²) in [6, 6.07) is 6.09. The van der Waals surface area contributed by atoms with Gasteiger partial charge >= 0.3 is 0 Å². The average molecular weight is 531 g/mol. The van der Waals surface area contributed by atoms with Gasteiger partial charge in [-0.25, -0.2) is 4.99 Å². The van der Waals surface area contributed by atoms with Crippen molar-refractivity contribution in [2.75, 3.05) is 32.9 Å². The summed E-state index contributed by atoms with van der Waals surface area (Å²) in [6.07, 6.45) is 3.51. The molecule has 1 fully saturated rings. The van der Waals surface area contributed by atoms with Crippen LogP contribution in [0.1, 0.15) is 52.5 Å². The van der Waals surface area contributed by atoms with E-state index in [0.717, 1.165) is 55.6 Å². The van der Waals surface area contributed by atoms with E-state index in [9.17, 15) is 0 Å². The second-order valence-corrected chi connectivity index (χ2v) is 8.97. The van der Waals surface area contributed by atoms with Gasteiger partial charge in [-0.2, -0.15) is 0 Å². The highest BCUT2D eigenvalue weighted by molar-refractivity contribution is 14.0. The highest BCUT2D eigenvalue weighted by Crippen LogP contribution is 2.34. The number of halogens is 1. The minimum Gasteiger partial charge on any atom is -0.490 e. The maximum absolute atomic E-state index is 6.11. The Bertz CT molecular complexity index is 691. The number of nitrogens with zero attached hydrogens (tertiary/aromatic N) is 1. The largest absolute Gasteiger partial charge is 0.490 e. The van der Waals surface area contributed by atoms with Crippen molar-refractivity contribution in [2.45, 2.75) is 59.6 Å². The smallest absolute Gasteiger partial charge is 0.191 e. The zero-order valence-electron chi connectivity index (χ0n) is 18.8. The Labute approximate surface area is 198 Å². The van der Waals surface area contributed by atoms with Crippen molar-refractivity contribution in [1.29, 1.82) is 0 Å². The van der Waals surface area contributed by atoms with Crippen LogP contribution in [0.5, 0.6) is 11.5 Å². The van der Waals surface area contributed by atoms with E-state index in [-0.39, 0.29) is 35.5 Å². The summed E-state index contributed by atoms with van der Waals surface area (Å²) < 4.78 is 17.6. The van der Waals surface area contributed by atoms with Crippen LogP contribution >= 0.6 is 24.0 Å². The third-order valence-corrected chi connectivity index (χ3v) is 5.41. The van der Waals surface area contributed by atoms with Crippen LogP contribution in [0, 0.1) is 11.3 Å². The van der Waals surface area contributed by atoms with Crippen molar-refractivity contribution < 1.29 is 14.2 Å². The van der Waals surface area contributed by atoms with Crippen molar-refractivity contribution in [3.05, 3.63) is 23.8 Å². The second-order valence-electron chi connectivity index (χ2n) is 8.97. The molecule has 2 atom stereocenters. The van der Waals surface area contributed by atoms with Crippen molar-refractivity contribution in [1.82, 2.24) is 10.6 Å². The van der Waals surface area contributed by atoms with E-state index in [4.69, 9.17) is 19.2 Å². The van der Waals surface area contributed by atoms with E-state index < -0.39 is 0 Å². The van der Waals surface area contributed by atoms with Crippen LogP contribution in [0.4, 0.5) is 0 Å². The fourth-order valence-corrected chi connectivity index (χ4v) is 4.06. The summed E-state index contributed by atoms with van der Waals surface area (Å²) in [5.74, 6) is 2.98. The van der Waals surface area contributed by atoms with E-state index in [1.165, 1.54) is 6.42 Å². The van der Waals surface area contributed by atoms with E-state index in [0.29, 0.717) is 25.7 Å². The van der Waals surface area contributed by atoms with Crippen LogP contribution in [-0.4, -0.2) is 45.0 Å². The number of aliphatic imine (C=N–C) groups is 1. The van der Waals surface area contributed by atoms with Crippen LogP contribution < -0.4 is 20.1 Å². The molecule has 2 N–H and O–H groups in total. The maximum Gasteiger partial charge on any atom is 0.191 e. The fourth-order valence-electron chi connectivity index (χ4n) is 4.06. The lowest BCUT2D eigenvalue weighted by molar-refractivity contribution is -0.0835. The van der Waals surface area contributed by atoms with Crippen molar-refractivity contribution in [2.24, 2.45) is 16.3 Å². The topological polar surface area (TPSA) is 64.1 Å². The molecule has 0 radical (unpaired) electrons. The van der Waals surface area contributed by atoms with E-state index >= 15 is 0 Å². The first-order valence-corrected chi connectivity index (χ1v) is 11.0. The molecule has 0 aliphatic carbocycles. The van der Waals surface area contributed by atoms with Crippen LogP contribution in [0.25, 0.3) is 0 Å². The van der Waals surface area contributed by atoms with Crippen LogP contribution in [0.15, 0.2) is 23.2 Å². The summed E-state index contributed by atoms with van der Waals surface area (Å²) in [5, 5.41) is 6.90. The van der Waals surface area contributed by atoms with Gasteiger partial charge in [0.2, 0.25) is 0 Å². The molecule has 2 aliphatic rings. The molecule has 2 aliphatic heterocycles. The van der Waals surface area contributed by atoms with Gasteiger partial charge < -0.3 is 24.8 Å². The Hall–Kier alpha value is -1.22. The first-order chi connectivity index (χ1) is 14.0. The Morgan fingerprint density at radius 2 is 1.83 bits per heavy atom. The van der Waals surface area contributed by atoms with Crippen molar-refractivity contribution in [3.8, 4) is 11.5 Å². The molecule has 2 heterocycles. The van der Waals surface area contributed by atoms with E-state index in [1.54, 1.807) is 0 Å².